The summed E-state index contributed by atoms with van der Waals surface area (Å²) < 4.78 is 0. The SMILES string of the molecule is CC1C(=O)N(c2ccccc2)C1c1ccncc1. The van der Waals surface area contributed by atoms with Gasteiger partial charge >= 0.3 is 0 Å². The third-order valence-electron chi connectivity index (χ3n) is 3.46. The Labute approximate surface area is 106 Å². The number of β-lactam (4-membered cyclic amide) rings is 1. The van der Waals surface area contributed by atoms with Gasteiger partial charge in [0.2, 0.25) is 5.91 Å². The molecule has 3 nitrogen and oxygen atoms in total. The van der Waals surface area contributed by atoms with E-state index in [4.69, 9.17) is 0 Å². The van der Waals surface area contributed by atoms with Gasteiger partial charge in [0.1, 0.15) is 0 Å². The lowest BCUT2D eigenvalue weighted by atomic mass is 9.83. The van der Waals surface area contributed by atoms with Gasteiger partial charge in [-0.05, 0) is 29.8 Å². The van der Waals surface area contributed by atoms with Crippen molar-refractivity contribution >= 4 is 11.6 Å². The topological polar surface area (TPSA) is 33.2 Å². The molecule has 2 heterocycles. The summed E-state index contributed by atoms with van der Waals surface area (Å²) in [6.07, 6.45) is 3.54. The standard InChI is InChI=1S/C15H14N2O/c1-11-14(12-7-9-16-10-8-12)17(15(11)18)13-5-3-2-4-6-13/h2-11,14H,1H3. The third kappa shape index (κ3) is 1.59. The van der Waals surface area contributed by atoms with Crippen LogP contribution in [0.5, 0.6) is 0 Å². The van der Waals surface area contributed by atoms with Crippen LogP contribution in [-0.2, 0) is 4.79 Å². The fourth-order valence-electron chi connectivity index (χ4n) is 2.51. The molecule has 0 aliphatic carbocycles. The highest BCUT2D eigenvalue weighted by molar-refractivity contribution is 6.02. The summed E-state index contributed by atoms with van der Waals surface area (Å²) in [4.78, 5) is 17.9. The summed E-state index contributed by atoms with van der Waals surface area (Å²) in [5.41, 5.74) is 2.10. The highest BCUT2D eigenvalue weighted by atomic mass is 16.2. The second-order valence-corrected chi connectivity index (χ2v) is 4.56. The minimum Gasteiger partial charge on any atom is -0.304 e. The molecule has 0 saturated carbocycles. The predicted octanol–water partition coefficient (Wildman–Crippen LogP) is 2.81. The zero-order valence-electron chi connectivity index (χ0n) is 10.2. The Kier molecular flexibility index (Phi) is 2.59. The van der Waals surface area contributed by atoms with Crippen LogP contribution < -0.4 is 4.90 Å². The Hall–Kier alpha value is -2.16. The quantitative estimate of drug-likeness (QED) is 0.754. The molecular formula is C15H14N2O. The average Bonchev–Trinajstić information content (AvgIpc) is 2.45. The largest absolute Gasteiger partial charge is 0.304 e. The smallest absolute Gasteiger partial charge is 0.232 e. The molecule has 2 aromatic rings. The number of amides is 1. The molecular weight excluding hydrogens is 224 g/mol. The minimum atomic E-state index is 0.0348. The Balaban J connectivity index is 1.97. The lowest BCUT2D eigenvalue weighted by molar-refractivity contribution is -0.129. The molecule has 90 valence electrons. The number of carbonyl (C=O) groups excluding carboxylic acids is 1. The minimum absolute atomic E-state index is 0.0348. The van der Waals surface area contributed by atoms with E-state index in [2.05, 4.69) is 4.98 Å². The van der Waals surface area contributed by atoms with Crippen LogP contribution >= 0.6 is 0 Å². The Morgan fingerprint density at radius 3 is 2.39 bits per heavy atom. The lowest BCUT2D eigenvalue weighted by Crippen LogP contribution is -2.54. The van der Waals surface area contributed by atoms with Crippen molar-refractivity contribution in [3.05, 3.63) is 60.4 Å². The van der Waals surface area contributed by atoms with Crippen molar-refractivity contribution in [2.75, 3.05) is 4.90 Å². The number of para-hydroxylation sites is 1. The van der Waals surface area contributed by atoms with Crippen LogP contribution in [0.15, 0.2) is 54.9 Å². The first-order valence-corrected chi connectivity index (χ1v) is 6.07. The number of hydrogen-bond donors (Lipinski definition) is 0. The predicted molar refractivity (Wildman–Crippen MR) is 70.1 cm³/mol. The first-order valence-electron chi connectivity index (χ1n) is 6.07. The van der Waals surface area contributed by atoms with Gasteiger partial charge in [0.15, 0.2) is 0 Å². The summed E-state index contributed by atoms with van der Waals surface area (Å²) >= 11 is 0. The number of nitrogens with zero attached hydrogens (tertiary/aromatic N) is 2. The molecule has 0 radical (unpaired) electrons. The van der Waals surface area contributed by atoms with Gasteiger partial charge in [0, 0.05) is 18.1 Å². The molecule has 18 heavy (non-hydrogen) atoms. The maximum absolute atomic E-state index is 12.1. The normalized spacial score (nSPS) is 22.7. The van der Waals surface area contributed by atoms with Gasteiger partial charge in [-0.15, -0.1) is 0 Å². The molecule has 2 atom stereocenters. The zero-order chi connectivity index (χ0) is 12.5. The van der Waals surface area contributed by atoms with Crippen molar-refractivity contribution in [3.63, 3.8) is 0 Å². The number of pyridine rings is 1. The fourth-order valence-corrected chi connectivity index (χ4v) is 2.51. The molecule has 1 aliphatic heterocycles. The van der Waals surface area contributed by atoms with E-state index >= 15 is 0 Å². The molecule has 1 saturated heterocycles. The van der Waals surface area contributed by atoms with Crippen LogP contribution in [-0.4, -0.2) is 10.9 Å². The molecule has 0 N–H and O–H groups in total. The summed E-state index contributed by atoms with van der Waals surface area (Å²) in [6, 6.07) is 13.9. The molecule has 1 aliphatic rings. The number of carbonyl (C=O) groups is 1. The summed E-state index contributed by atoms with van der Waals surface area (Å²) in [5, 5.41) is 0. The van der Waals surface area contributed by atoms with Crippen molar-refractivity contribution in [1.29, 1.82) is 0 Å². The van der Waals surface area contributed by atoms with Crippen LogP contribution in [0, 0.1) is 5.92 Å². The number of rotatable bonds is 2. The maximum atomic E-state index is 12.1. The molecule has 1 aromatic carbocycles. The summed E-state index contributed by atoms with van der Waals surface area (Å²) in [5.74, 6) is 0.218. The third-order valence-corrected chi connectivity index (χ3v) is 3.46. The van der Waals surface area contributed by atoms with Crippen molar-refractivity contribution < 1.29 is 4.79 Å². The lowest BCUT2D eigenvalue weighted by Gasteiger charge is -2.46. The van der Waals surface area contributed by atoms with Gasteiger partial charge in [-0.25, -0.2) is 0 Å². The van der Waals surface area contributed by atoms with Crippen molar-refractivity contribution in [3.8, 4) is 0 Å². The molecule has 0 spiro atoms. The van der Waals surface area contributed by atoms with Crippen LogP contribution in [0.4, 0.5) is 5.69 Å². The molecule has 0 bridgehead atoms. The van der Waals surface area contributed by atoms with Crippen LogP contribution in [0.25, 0.3) is 0 Å². The second-order valence-electron chi connectivity index (χ2n) is 4.56. The first kappa shape index (κ1) is 11.0. The number of anilines is 1. The first-order chi connectivity index (χ1) is 8.79. The van der Waals surface area contributed by atoms with E-state index in [0.717, 1.165) is 11.3 Å². The molecule has 3 rings (SSSR count). The monoisotopic (exact) mass is 238 g/mol. The number of aromatic nitrogens is 1. The summed E-state index contributed by atoms with van der Waals surface area (Å²) in [7, 11) is 0. The number of hydrogen-bond acceptors (Lipinski definition) is 2. The van der Waals surface area contributed by atoms with Crippen LogP contribution in [0.2, 0.25) is 0 Å². The Morgan fingerprint density at radius 2 is 1.72 bits per heavy atom. The highest BCUT2D eigenvalue weighted by Gasteiger charge is 2.45. The van der Waals surface area contributed by atoms with Gasteiger partial charge in [0.25, 0.3) is 0 Å². The highest BCUT2D eigenvalue weighted by Crippen LogP contribution is 2.42. The maximum Gasteiger partial charge on any atom is 0.232 e. The van der Waals surface area contributed by atoms with E-state index in [0.29, 0.717) is 0 Å². The van der Waals surface area contributed by atoms with Gasteiger partial charge < -0.3 is 4.90 Å². The Morgan fingerprint density at radius 1 is 1.06 bits per heavy atom. The van der Waals surface area contributed by atoms with Gasteiger partial charge in [-0.3, -0.25) is 9.78 Å². The van der Waals surface area contributed by atoms with Gasteiger partial charge in [-0.2, -0.15) is 0 Å². The zero-order valence-corrected chi connectivity index (χ0v) is 10.2. The van der Waals surface area contributed by atoms with E-state index in [9.17, 15) is 4.79 Å². The van der Waals surface area contributed by atoms with E-state index < -0.39 is 0 Å². The van der Waals surface area contributed by atoms with Gasteiger partial charge in [0.05, 0.1) is 12.0 Å². The van der Waals surface area contributed by atoms with Crippen LogP contribution in [0.3, 0.4) is 0 Å². The number of benzene rings is 1. The second kappa shape index (κ2) is 4.26. The molecule has 1 amide bonds. The van der Waals surface area contributed by atoms with E-state index in [1.165, 1.54) is 0 Å². The fraction of sp³-hybridized carbons (Fsp3) is 0.200. The van der Waals surface area contributed by atoms with E-state index in [1.807, 2.05) is 54.3 Å². The van der Waals surface area contributed by atoms with Crippen molar-refractivity contribution in [2.45, 2.75) is 13.0 Å². The molecule has 3 heteroatoms. The van der Waals surface area contributed by atoms with Crippen molar-refractivity contribution in [2.24, 2.45) is 5.92 Å². The molecule has 2 unspecified atom stereocenters. The average molecular weight is 238 g/mol. The van der Waals surface area contributed by atoms with E-state index in [-0.39, 0.29) is 17.9 Å². The summed E-state index contributed by atoms with van der Waals surface area (Å²) in [6.45, 7) is 1.98. The molecule has 1 fully saturated rings. The van der Waals surface area contributed by atoms with E-state index in [1.54, 1.807) is 12.4 Å². The van der Waals surface area contributed by atoms with Crippen LogP contribution in [0.1, 0.15) is 18.5 Å². The van der Waals surface area contributed by atoms with Crippen molar-refractivity contribution in [1.82, 2.24) is 4.98 Å². The van der Waals surface area contributed by atoms with Gasteiger partial charge in [-0.1, -0.05) is 25.1 Å². The molecule has 1 aromatic heterocycles. The Bertz CT molecular complexity index is 553.